The quantitative estimate of drug-likeness (QED) is 0.693. The van der Waals surface area contributed by atoms with Crippen molar-refractivity contribution in [1.82, 2.24) is 0 Å². The van der Waals surface area contributed by atoms with E-state index >= 15 is 0 Å². The molecular formula is C23H36O2. The summed E-state index contributed by atoms with van der Waals surface area (Å²) in [4.78, 5) is 0. The minimum absolute atomic E-state index is 0.470. The molecule has 2 heteroatoms. The molecule has 3 rings (SSSR count). The van der Waals surface area contributed by atoms with E-state index in [-0.39, 0.29) is 0 Å². The molecular weight excluding hydrogens is 308 g/mol. The van der Waals surface area contributed by atoms with Gasteiger partial charge in [-0.2, -0.15) is 0 Å². The molecule has 6 atom stereocenters. The largest absolute Gasteiger partial charge is 0.388 e. The second kappa shape index (κ2) is 7.40. The molecule has 140 valence electrons. The smallest absolute Gasteiger partial charge is 0.0809 e. The molecule has 25 heavy (non-hydrogen) atoms. The molecule has 0 aliphatic heterocycles. The molecule has 0 spiro atoms. The first-order chi connectivity index (χ1) is 11.9. The van der Waals surface area contributed by atoms with Gasteiger partial charge in [0.2, 0.25) is 0 Å². The van der Waals surface area contributed by atoms with Crippen LogP contribution in [0, 0.1) is 23.2 Å². The molecule has 2 nitrogen and oxygen atoms in total. The fourth-order valence-electron chi connectivity index (χ4n) is 5.92. The van der Waals surface area contributed by atoms with Gasteiger partial charge in [-0.15, -0.1) is 0 Å². The fraction of sp³-hybridized carbons (Fsp3) is 0.739. The summed E-state index contributed by atoms with van der Waals surface area (Å²) in [7, 11) is 0. The minimum Gasteiger partial charge on any atom is -0.388 e. The standard InChI is InChI=1S/C23H36O2/c1-5-15(2)19-10-11-20-18(7-6-12-23(19,20)4)9-8-17-13-21(24)16(3)22(25)14-17/h8-9,15,19-22,24-25H,3,5-7,10-14H2,1-2,4H3/b17-8?,18-9+. The average molecular weight is 345 g/mol. The van der Waals surface area contributed by atoms with Gasteiger partial charge >= 0.3 is 0 Å². The molecule has 0 aromatic rings. The lowest BCUT2D eigenvalue weighted by molar-refractivity contribution is 0.0961. The number of hydrogen-bond donors (Lipinski definition) is 2. The zero-order chi connectivity index (χ0) is 18.2. The van der Waals surface area contributed by atoms with Gasteiger partial charge in [0.05, 0.1) is 12.2 Å². The van der Waals surface area contributed by atoms with E-state index < -0.39 is 12.2 Å². The zero-order valence-corrected chi connectivity index (χ0v) is 16.3. The average Bonchev–Trinajstić information content (AvgIpc) is 2.94. The van der Waals surface area contributed by atoms with E-state index in [9.17, 15) is 10.2 Å². The van der Waals surface area contributed by atoms with Crippen molar-refractivity contribution in [2.24, 2.45) is 23.2 Å². The van der Waals surface area contributed by atoms with Crippen LogP contribution in [0.3, 0.4) is 0 Å². The summed E-state index contributed by atoms with van der Waals surface area (Å²) in [5.74, 6) is 2.41. The van der Waals surface area contributed by atoms with E-state index in [0.29, 0.717) is 23.8 Å². The molecule has 0 aromatic carbocycles. The maximum absolute atomic E-state index is 10.0. The number of fused-ring (bicyclic) bond motifs is 1. The van der Waals surface area contributed by atoms with Gasteiger partial charge in [0.15, 0.2) is 0 Å². The van der Waals surface area contributed by atoms with E-state index in [1.165, 1.54) is 38.5 Å². The molecule has 2 N–H and O–H groups in total. The lowest BCUT2D eigenvalue weighted by atomic mass is 9.61. The van der Waals surface area contributed by atoms with Gasteiger partial charge in [0.25, 0.3) is 0 Å². The van der Waals surface area contributed by atoms with Crippen LogP contribution in [0.2, 0.25) is 0 Å². The van der Waals surface area contributed by atoms with Crippen LogP contribution in [0.1, 0.15) is 72.1 Å². The Morgan fingerprint density at radius 1 is 1.20 bits per heavy atom. The first kappa shape index (κ1) is 18.9. The summed E-state index contributed by atoms with van der Waals surface area (Å²) in [5.41, 5.74) is 3.81. The van der Waals surface area contributed by atoms with E-state index in [4.69, 9.17) is 0 Å². The second-order valence-corrected chi connectivity index (χ2v) is 9.06. The predicted octanol–water partition coefficient (Wildman–Crippen LogP) is 5.17. The lowest BCUT2D eigenvalue weighted by Crippen LogP contribution is -2.35. The highest BCUT2D eigenvalue weighted by Crippen LogP contribution is 2.59. The maximum atomic E-state index is 10.0. The number of rotatable bonds is 3. The van der Waals surface area contributed by atoms with Crippen molar-refractivity contribution in [3.63, 3.8) is 0 Å². The van der Waals surface area contributed by atoms with Crippen molar-refractivity contribution in [3.05, 3.63) is 35.5 Å². The SMILES string of the molecule is C=C1C(O)CC(=C/C=C2\CCCC3(C)C2CCC3C(C)CC)CC1O. The molecule has 6 unspecified atom stereocenters. The summed E-state index contributed by atoms with van der Waals surface area (Å²) in [6, 6.07) is 0. The fourth-order valence-corrected chi connectivity index (χ4v) is 5.92. The number of allylic oxidation sites excluding steroid dienone is 3. The Labute approximate surface area is 153 Å². The van der Waals surface area contributed by atoms with Crippen LogP contribution in [0.25, 0.3) is 0 Å². The topological polar surface area (TPSA) is 40.5 Å². The van der Waals surface area contributed by atoms with Crippen LogP contribution in [0.4, 0.5) is 0 Å². The van der Waals surface area contributed by atoms with Crippen LogP contribution < -0.4 is 0 Å². The van der Waals surface area contributed by atoms with Crippen molar-refractivity contribution < 1.29 is 10.2 Å². The summed E-state index contributed by atoms with van der Waals surface area (Å²) >= 11 is 0. The first-order valence-corrected chi connectivity index (χ1v) is 10.3. The van der Waals surface area contributed by atoms with Crippen molar-refractivity contribution in [1.29, 1.82) is 0 Å². The highest BCUT2D eigenvalue weighted by molar-refractivity contribution is 5.29. The van der Waals surface area contributed by atoms with E-state index in [2.05, 4.69) is 39.5 Å². The molecule has 3 saturated carbocycles. The Morgan fingerprint density at radius 2 is 1.88 bits per heavy atom. The molecule has 3 aliphatic rings. The van der Waals surface area contributed by atoms with Gasteiger partial charge in [0, 0.05) is 0 Å². The summed E-state index contributed by atoms with van der Waals surface area (Å²) in [5, 5.41) is 20.1. The Hall–Kier alpha value is -0.860. The van der Waals surface area contributed by atoms with Gasteiger partial charge in [-0.3, -0.25) is 0 Å². The number of hydrogen-bond acceptors (Lipinski definition) is 2. The lowest BCUT2D eigenvalue weighted by Gasteiger charge is -2.44. The minimum atomic E-state index is -0.591. The number of aliphatic hydroxyl groups excluding tert-OH is 2. The third-order valence-corrected chi connectivity index (χ3v) is 7.67. The Kier molecular flexibility index (Phi) is 5.60. The van der Waals surface area contributed by atoms with Crippen molar-refractivity contribution >= 4 is 0 Å². The van der Waals surface area contributed by atoms with Gasteiger partial charge in [-0.1, -0.05) is 57.1 Å². The molecule has 0 radical (unpaired) electrons. The Balaban J connectivity index is 1.78. The Morgan fingerprint density at radius 3 is 2.52 bits per heavy atom. The van der Waals surface area contributed by atoms with Gasteiger partial charge in [-0.25, -0.2) is 0 Å². The molecule has 0 saturated heterocycles. The first-order valence-electron chi connectivity index (χ1n) is 10.3. The van der Waals surface area contributed by atoms with Crippen LogP contribution in [0.5, 0.6) is 0 Å². The van der Waals surface area contributed by atoms with E-state index in [1.807, 2.05) is 0 Å². The van der Waals surface area contributed by atoms with Crippen LogP contribution in [-0.2, 0) is 0 Å². The van der Waals surface area contributed by atoms with Crippen LogP contribution in [-0.4, -0.2) is 22.4 Å². The van der Waals surface area contributed by atoms with Crippen molar-refractivity contribution in [3.8, 4) is 0 Å². The van der Waals surface area contributed by atoms with Crippen LogP contribution >= 0.6 is 0 Å². The monoisotopic (exact) mass is 344 g/mol. The zero-order valence-electron chi connectivity index (χ0n) is 16.3. The predicted molar refractivity (Wildman–Crippen MR) is 104 cm³/mol. The molecule has 0 heterocycles. The third kappa shape index (κ3) is 3.53. The Bertz CT molecular complexity index is 557. The highest BCUT2D eigenvalue weighted by Gasteiger charge is 2.50. The maximum Gasteiger partial charge on any atom is 0.0809 e. The second-order valence-electron chi connectivity index (χ2n) is 9.06. The van der Waals surface area contributed by atoms with E-state index in [1.54, 1.807) is 5.57 Å². The van der Waals surface area contributed by atoms with Gasteiger partial charge < -0.3 is 10.2 Å². The third-order valence-electron chi connectivity index (χ3n) is 7.67. The highest BCUT2D eigenvalue weighted by atomic mass is 16.3. The molecule has 0 amide bonds. The molecule has 0 aromatic heterocycles. The van der Waals surface area contributed by atoms with Crippen LogP contribution in [0.15, 0.2) is 35.5 Å². The molecule has 3 fully saturated rings. The summed E-state index contributed by atoms with van der Waals surface area (Å²) in [6.45, 7) is 11.1. The summed E-state index contributed by atoms with van der Waals surface area (Å²) < 4.78 is 0. The van der Waals surface area contributed by atoms with Gasteiger partial charge in [-0.05, 0) is 73.7 Å². The normalized spacial score (nSPS) is 41.7. The number of aliphatic hydroxyl groups is 2. The molecule has 0 bridgehead atoms. The van der Waals surface area contributed by atoms with E-state index in [0.717, 1.165) is 23.3 Å². The van der Waals surface area contributed by atoms with Gasteiger partial charge in [0.1, 0.15) is 0 Å². The van der Waals surface area contributed by atoms with Crippen molar-refractivity contribution in [2.75, 3.05) is 0 Å². The van der Waals surface area contributed by atoms with Crippen molar-refractivity contribution in [2.45, 2.75) is 84.3 Å². The molecule has 3 aliphatic carbocycles. The summed E-state index contributed by atoms with van der Waals surface area (Å²) in [6.07, 6.45) is 12.5.